The minimum atomic E-state index is -0.110. The summed E-state index contributed by atoms with van der Waals surface area (Å²) in [6.45, 7) is 1.99. The van der Waals surface area contributed by atoms with Gasteiger partial charge in [-0.2, -0.15) is 0 Å². The van der Waals surface area contributed by atoms with Crippen molar-refractivity contribution in [3.8, 4) is 5.82 Å². The van der Waals surface area contributed by atoms with E-state index in [9.17, 15) is 4.79 Å². The van der Waals surface area contributed by atoms with Gasteiger partial charge in [0.15, 0.2) is 0 Å². The summed E-state index contributed by atoms with van der Waals surface area (Å²) in [5.41, 5.74) is 3.58. The average Bonchev–Trinajstić information content (AvgIpc) is 3.30. The summed E-state index contributed by atoms with van der Waals surface area (Å²) in [4.78, 5) is 22.4. The number of carbonyl (C=O) groups is 1. The van der Waals surface area contributed by atoms with Crippen molar-refractivity contribution in [3.05, 3.63) is 83.6 Å². The lowest BCUT2D eigenvalue weighted by Crippen LogP contribution is -2.11. The summed E-state index contributed by atoms with van der Waals surface area (Å²) >= 11 is 1.51. The average molecular weight is 384 g/mol. The second kappa shape index (κ2) is 6.58. The monoisotopic (exact) mass is 384 g/mol. The van der Waals surface area contributed by atoms with Crippen molar-refractivity contribution in [2.24, 2.45) is 0 Å². The maximum atomic E-state index is 12.7. The third-order valence-corrected chi connectivity index (χ3v) is 6.03. The van der Waals surface area contributed by atoms with Crippen molar-refractivity contribution in [2.45, 2.75) is 6.92 Å². The Morgan fingerprint density at radius 3 is 2.64 bits per heavy atom. The zero-order chi connectivity index (χ0) is 19.1. The van der Waals surface area contributed by atoms with E-state index in [1.165, 1.54) is 11.3 Å². The van der Waals surface area contributed by atoms with Crippen LogP contribution in [-0.4, -0.2) is 20.4 Å². The molecule has 5 aromatic rings. The maximum Gasteiger partial charge on any atom is 0.266 e. The molecule has 2 aromatic carbocycles. The van der Waals surface area contributed by atoms with E-state index in [4.69, 9.17) is 0 Å². The number of aromatic nitrogens is 3. The van der Waals surface area contributed by atoms with Gasteiger partial charge in [-0.3, -0.25) is 9.36 Å². The van der Waals surface area contributed by atoms with Crippen LogP contribution in [0.25, 0.3) is 26.9 Å². The number of hydrogen-bond acceptors (Lipinski definition) is 4. The van der Waals surface area contributed by atoms with Gasteiger partial charge in [0.2, 0.25) is 0 Å². The van der Waals surface area contributed by atoms with Gasteiger partial charge < -0.3 is 5.32 Å². The van der Waals surface area contributed by atoms with Crippen LogP contribution >= 0.6 is 11.3 Å². The van der Waals surface area contributed by atoms with Gasteiger partial charge in [-0.05, 0) is 48.2 Å². The van der Waals surface area contributed by atoms with Gasteiger partial charge in [0.25, 0.3) is 5.91 Å². The molecule has 0 radical (unpaired) electrons. The van der Waals surface area contributed by atoms with Crippen molar-refractivity contribution < 1.29 is 4.79 Å². The minimum absolute atomic E-state index is 0.110. The number of nitrogens with one attached hydrogen (secondary N) is 1. The highest BCUT2D eigenvalue weighted by Gasteiger charge is 2.15. The summed E-state index contributed by atoms with van der Waals surface area (Å²) in [6, 6.07) is 19.7. The zero-order valence-corrected chi connectivity index (χ0v) is 15.9. The number of nitrogens with zero attached hydrogens (tertiary/aromatic N) is 3. The number of benzene rings is 2. The van der Waals surface area contributed by atoms with Gasteiger partial charge in [0, 0.05) is 4.70 Å². The number of fused-ring (bicyclic) bond motifs is 2. The number of anilines is 1. The lowest BCUT2D eigenvalue weighted by molar-refractivity contribution is 0.103. The highest BCUT2D eigenvalue weighted by molar-refractivity contribution is 7.21. The van der Waals surface area contributed by atoms with Crippen molar-refractivity contribution in [3.63, 3.8) is 0 Å². The molecule has 28 heavy (non-hydrogen) atoms. The number of aryl methyl sites for hydroxylation is 1. The molecule has 3 aromatic heterocycles. The topological polar surface area (TPSA) is 59.8 Å². The first-order valence-electron chi connectivity index (χ1n) is 8.89. The van der Waals surface area contributed by atoms with Crippen molar-refractivity contribution >= 4 is 44.1 Å². The molecule has 0 fully saturated rings. The molecule has 1 amide bonds. The standard InChI is InChI=1S/C22H16N4OS/c1-14-16-6-2-5-9-19(16)28-21(14)22(27)25-15-10-11-20(23-12-15)26-13-24-17-7-3-4-8-18(17)26/h2-13H,1H3,(H,25,27). The smallest absolute Gasteiger partial charge is 0.266 e. The van der Waals surface area contributed by atoms with Crippen LogP contribution in [0.3, 0.4) is 0 Å². The predicted molar refractivity (Wildman–Crippen MR) is 113 cm³/mol. The van der Waals surface area contributed by atoms with Crippen LogP contribution in [0.1, 0.15) is 15.2 Å². The van der Waals surface area contributed by atoms with E-state index in [2.05, 4.69) is 15.3 Å². The molecule has 0 aliphatic carbocycles. The van der Waals surface area contributed by atoms with Gasteiger partial charge in [-0.25, -0.2) is 9.97 Å². The second-order valence-corrected chi connectivity index (χ2v) is 7.57. The fraction of sp³-hybridized carbons (Fsp3) is 0.0455. The lowest BCUT2D eigenvalue weighted by atomic mass is 10.1. The number of para-hydroxylation sites is 2. The Kier molecular flexibility index (Phi) is 3.91. The molecule has 0 saturated carbocycles. The van der Waals surface area contributed by atoms with Crippen LogP contribution in [0.2, 0.25) is 0 Å². The van der Waals surface area contributed by atoms with Gasteiger partial charge in [0.05, 0.1) is 27.8 Å². The summed E-state index contributed by atoms with van der Waals surface area (Å²) in [5, 5.41) is 4.08. The van der Waals surface area contributed by atoms with E-state index in [1.807, 2.05) is 72.2 Å². The number of amides is 1. The molecule has 0 aliphatic rings. The number of pyridine rings is 1. The summed E-state index contributed by atoms with van der Waals surface area (Å²) in [6.07, 6.45) is 3.43. The van der Waals surface area contributed by atoms with E-state index in [0.717, 1.165) is 37.4 Å². The van der Waals surface area contributed by atoms with Gasteiger partial charge in [-0.15, -0.1) is 11.3 Å². The van der Waals surface area contributed by atoms with E-state index in [1.54, 1.807) is 12.5 Å². The highest BCUT2D eigenvalue weighted by atomic mass is 32.1. The normalized spacial score (nSPS) is 11.2. The van der Waals surface area contributed by atoms with Gasteiger partial charge in [0.1, 0.15) is 12.1 Å². The molecule has 0 atom stereocenters. The number of hydrogen-bond donors (Lipinski definition) is 1. The Bertz CT molecular complexity index is 1320. The van der Waals surface area contributed by atoms with E-state index >= 15 is 0 Å². The molecule has 0 bridgehead atoms. The minimum Gasteiger partial charge on any atom is -0.320 e. The van der Waals surface area contributed by atoms with Crippen LogP contribution in [0.15, 0.2) is 73.2 Å². The number of carbonyl (C=O) groups excluding carboxylic acids is 1. The van der Waals surface area contributed by atoms with Crippen LogP contribution in [0.5, 0.6) is 0 Å². The van der Waals surface area contributed by atoms with Crippen LogP contribution in [0.4, 0.5) is 5.69 Å². The Morgan fingerprint density at radius 1 is 1.00 bits per heavy atom. The van der Waals surface area contributed by atoms with E-state index in [-0.39, 0.29) is 5.91 Å². The molecule has 3 heterocycles. The van der Waals surface area contributed by atoms with Gasteiger partial charge in [-0.1, -0.05) is 30.3 Å². The molecular formula is C22H16N4OS. The largest absolute Gasteiger partial charge is 0.320 e. The Labute approximate surface area is 165 Å². The van der Waals surface area contributed by atoms with E-state index in [0.29, 0.717) is 5.69 Å². The Morgan fingerprint density at radius 2 is 1.82 bits per heavy atom. The van der Waals surface area contributed by atoms with E-state index < -0.39 is 0 Å². The lowest BCUT2D eigenvalue weighted by Gasteiger charge is -2.07. The molecule has 0 unspecified atom stereocenters. The van der Waals surface area contributed by atoms with Crippen LogP contribution in [-0.2, 0) is 0 Å². The Balaban J connectivity index is 1.41. The van der Waals surface area contributed by atoms with Crippen molar-refractivity contribution in [1.82, 2.24) is 14.5 Å². The molecule has 5 rings (SSSR count). The van der Waals surface area contributed by atoms with Crippen LogP contribution in [0, 0.1) is 6.92 Å². The first kappa shape index (κ1) is 16.6. The van der Waals surface area contributed by atoms with Crippen LogP contribution < -0.4 is 5.32 Å². The number of rotatable bonds is 3. The molecule has 0 saturated heterocycles. The number of imidazole rings is 1. The first-order valence-corrected chi connectivity index (χ1v) is 9.70. The van der Waals surface area contributed by atoms with Crippen molar-refractivity contribution in [1.29, 1.82) is 0 Å². The summed E-state index contributed by atoms with van der Waals surface area (Å²) in [5.74, 6) is 0.645. The summed E-state index contributed by atoms with van der Waals surface area (Å²) in [7, 11) is 0. The SMILES string of the molecule is Cc1c(C(=O)Nc2ccc(-n3cnc4ccccc43)nc2)sc2ccccc12. The molecule has 136 valence electrons. The molecular weight excluding hydrogens is 368 g/mol. The Hall–Kier alpha value is -3.51. The highest BCUT2D eigenvalue weighted by Crippen LogP contribution is 2.31. The molecule has 1 N–H and O–H groups in total. The molecule has 6 heteroatoms. The predicted octanol–water partition coefficient (Wildman–Crippen LogP) is 5.20. The quantitative estimate of drug-likeness (QED) is 0.465. The second-order valence-electron chi connectivity index (χ2n) is 6.51. The molecule has 0 aliphatic heterocycles. The fourth-order valence-corrected chi connectivity index (χ4v) is 4.43. The third-order valence-electron chi connectivity index (χ3n) is 4.76. The molecule has 0 spiro atoms. The first-order chi connectivity index (χ1) is 13.7. The van der Waals surface area contributed by atoms with Crippen molar-refractivity contribution in [2.75, 3.05) is 5.32 Å². The fourth-order valence-electron chi connectivity index (χ4n) is 3.32. The summed E-state index contributed by atoms with van der Waals surface area (Å²) < 4.78 is 3.04. The zero-order valence-electron chi connectivity index (χ0n) is 15.1. The third kappa shape index (κ3) is 2.75. The van der Waals surface area contributed by atoms with Gasteiger partial charge >= 0.3 is 0 Å². The molecule has 5 nitrogen and oxygen atoms in total. The maximum absolute atomic E-state index is 12.7. The number of thiophene rings is 1.